The molecule has 1 aliphatic rings. The largest absolute Gasteiger partial charge is 0.409 e. The Kier molecular flexibility index (Phi) is 5.15. The summed E-state index contributed by atoms with van der Waals surface area (Å²) in [5.74, 6) is 0.138. The lowest BCUT2D eigenvalue weighted by Gasteiger charge is -2.34. The van der Waals surface area contributed by atoms with Gasteiger partial charge in [0.1, 0.15) is 5.82 Å². The number of benzene rings is 1. The summed E-state index contributed by atoms with van der Waals surface area (Å²) >= 11 is 6.72. The van der Waals surface area contributed by atoms with Crippen LogP contribution in [0.4, 0.5) is 4.39 Å². The second kappa shape index (κ2) is 7.71. The summed E-state index contributed by atoms with van der Waals surface area (Å²) in [5, 5.41) is 6.31. The highest BCUT2D eigenvalue weighted by molar-refractivity contribution is 7.71. The molecule has 1 amide bonds. The van der Waals surface area contributed by atoms with Crippen LogP contribution in [-0.2, 0) is 6.67 Å². The van der Waals surface area contributed by atoms with E-state index >= 15 is 0 Å². The summed E-state index contributed by atoms with van der Waals surface area (Å²) < 4.78 is 20.2. The van der Waals surface area contributed by atoms with Gasteiger partial charge in [0.25, 0.3) is 10.7 Å². The Balaban J connectivity index is 1.39. The maximum absolute atomic E-state index is 13.1. The Morgan fingerprint density at radius 1 is 1.19 bits per heavy atom. The summed E-state index contributed by atoms with van der Waals surface area (Å²) in [7, 11) is 0. The fourth-order valence-electron chi connectivity index (χ4n) is 2.94. The second-order valence-electron chi connectivity index (χ2n) is 6.21. The van der Waals surface area contributed by atoms with Crippen LogP contribution in [0.3, 0.4) is 0 Å². The Bertz CT molecular complexity index is 974. The molecule has 1 saturated heterocycles. The van der Waals surface area contributed by atoms with E-state index < -0.39 is 0 Å². The van der Waals surface area contributed by atoms with E-state index in [9.17, 15) is 9.18 Å². The Labute approximate surface area is 164 Å². The van der Waals surface area contributed by atoms with Crippen LogP contribution >= 0.6 is 23.6 Å². The highest BCUT2D eigenvalue weighted by Crippen LogP contribution is 2.19. The molecule has 0 aliphatic carbocycles. The number of thiophene rings is 1. The summed E-state index contributed by atoms with van der Waals surface area (Å²) in [6, 6.07) is 9.67. The molecule has 6 nitrogen and oxygen atoms in total. The Hall–Kier alpha value is -2.36. The van der Waals surface area contributed by atoms with Gasteiger partial charge in [-0.2, -0.15) is 0 Å². The van der Waals surface area contributed by atoms with Gasteiger partial charge in [0, 0.05) is 31.7 Å². The van der Waals surface area contributed by atoms with Crippen molar-refractivity contribution in [1.29, 1.82) is 0 Å². The van der Waals surface area contributed by atoms with Crippen molar-refractivity contribution in [2.45, 2.75) is 6.67 Å². The normalized spacial score (nSPS) is 15.2. The van der Waals surface area contributed by atoms with Crippen LogP contribution in [0.1, 0.15) is 9.67 Å². The SMILES string of the molecule is O=C(c1cccs1)N1CCN(Cn2nc(-c3ccc(F)cc3)oc2=S)CC1. The number of carbonyl (C=O) groups excluding carboxylic acids is 1. The number of aromatic nitrogens is 2. The zero-order valence-corrected chi connectivity index (χ0v) is 16.0. The minimum Gasteiger partial charge on any atom is -0.409 e. The number of amides is 1. The van der Waals surface area contributed by atoms with Crippen molar-refractivity contribution >= 4 is 29.5 Å². The van der Waals surface area contributed by atoms with Gasteiger partial charge in [0.15, 0.2) is 0 Å². The third-order valence-electron chi connectivity index (χ3n) is 4.42. The molecule has 0 spiro atoms. The van der Waals surface area contributed by atoms with Crippen LogP contribution in [-0.4, -0.2) is 51.7 Å². The number of carbonyl (C=O) groups is 1. The number of hydrogen-bond donors (Lipinski definition) is 0. The van der Waals surface area contributed by atoms with E-state index in [0.29, 0.717) is 31.2 Å². The van der Waals surface area contributed by atoms with Gasteiger partial charge in [0.2, 0.25) is 5.89 Å². The molecule has 4 rings (SSSR count). The molecule has 0 unspecified atom stereocenters. The topological polar surface area (TPSA) is 54.5 Å². The molecule has 0 bridgehead atoms. The van der Waals surface area contributed by atoms with Gasteiger partial charge in [-0.05, 0) is 47.9 Å². The molecule has 3 aromatic rings. The number of rotatable bonds is 4. The fraction of sp³-hybridized carbons (Fsp3) is 0.278. The molecule has 0 radical (unpaired) electrons. The third-order valence-corrected chi connectivity index (χ3v) is 5.57. The summed E-state index contributed by atoms with van der Waals surface area (Å²) in [5.41, 5.74) is 0.674. The first-order chi connectivity index (χ1) is 13.1. The van der Waals surface area contributed by atoms with Crippen molar-refractivity contribution in [3.05, 3.63) is 57.3 Å². The fourth-order valence-corrected chi connectivity index (χ4v) is 3.81. The Morgan fingerprint density at radius 3 is 2.59 bits per heavy atom. The van der Waals surface area contributed by atoms with Gasteiger partial charge in [-0.25, -0.2) is 9.07 Å². The van der Waals surface area contributed by atoms with Crippen LogP contribution in [0.15, 0.2) is 46.2 Å². The van der Waals surface area contributed by atoms with Gasteiger partial charge in [-0.15, -0.1) is 16.4 Å². The number of nitrogens with zero attached hydrogens (tertiary/aromatic N) is 4. The van der Waals surface area contributed by atoms with Crippen molar-refractivity contribution in [1.82, 2.24) is 19.6 Å². The minimum atomic E-state index is -0.313. The molecule has 0 atom stereocenters. The third kappa shape index (κ3) is 4.00. The molecule has 0 saturated carbocycles. The molecule has 1 fully saturated rings. The summed E-state index contributed by atoms with van der Waals surface area (Å²) in [6.45, 7) is 3.28. The molecule has 9 heteroatoms. The lowest BCUT2D eigenvalue weighted by molar-refractivity contribution is 0.0588. The lowest BCUT2D eigenvalue weighted by atomic mass is 10.2. The van der Waals surface area contributed by atoms with E-state index in [4.69, 9.17) is 16.6 Å². The zero-order chi connectivity index (χ0) is 18.8. The summed E-state index contributed by atoms with van der Waals surface area (Å²) in [6.07, 6.45) is 0. The molecule has 1 aliphatic heterocycles. The van der Waals surface area contributed by atoms with Crippen LogP contribution in [0.2, 0.25) is 0 Å². The molecular formula is C18H17FN4O2S2. The van der Waals surface area contributed by atoms with Crippen molar-refractivity contribution in [2.75, 3.05) is 26.2 Å². The van der Waals surface area contributed by atoms with E-state index in [1.807, 2.05) is 22.4 Å². The smallest absolute Gasteiger partial charge is 0.288 e. The van der Waals surface area contributed by atoms with Gasteiger partial charge in [0.05, 0.1) is 11.5 Å². The average Bonchev–Trinajstić information content (AvgIpc) is 3.33. The van der Waals surface area contributed by atoms with Crippen molar-refractivity contribution in [2.24, 2.45) is 0 Å². The molecule has 140 valence electrons. The first-order valence-corrected chi connectivity index (χ1v) is 9.78. The van der Waals surface area contributed by atoms with Gasteiger partial charge in [-0.3, -0.25) is 9.69 Å². The maximum atomic E-state index is 13.1. The van der Waals surface area contributed by atoms with Gasteiger partial charge < -0.3 is 9.32 Å². The maximum Gasteiger partial charge on any atom is 0.288 e. The first-order valence-electron chi connectivity index (χ1n) is 8.49. The molecule has 1 aromatic carbocycles. The highest BCUT2D eigenvalue weighted by Gasteiger charge is 2.23. The molecule has 0 N–H and O–H groups in total. The van der Waals surface area contributed by atoms with E-state index in [1.54, 1.807) is 16.8 Å². The van der Waals surface area contributed by atoms with E-state index in [-0.39, 0.29) is 16.6 Å². The van der Waals surface area contributed by atoms with Crippen LogP contribution in [0, 0.1) is 10.7 Å². The van der Waals surface area contributed by atoms with E-state index in [0.717, 1.165) is 18.0 Å². The zero-order valence-electron chi connectivity index (χ0n) is 14.4. The summed E-state index contributed by atoms with van der Waals surface area (Å²) in [4.78, 5) is 17.5. The van der Waals surface area contributed by atoms with Gasteiger partial charge >= 0.3 is 0 Å². The number of hydrogen-bond acceptors (Lipinski definition) is 6. The predicted octanol–water partition coefficient (Wildman–Crippen LogP) is 3.49. The van der Waals surface area contributed by atoms with E-state index in [2.05, 4.69) is 10.00 Å². The Morgan fingerprint density at radius 2 is 1.93 bits per heavy atom. The van der Waals surface area contributed by atoms with Crippen molar-refractivity contribution < 1.29 is 13.6 Å². The van der Waals surface area contributed by atoms with Crippen LogP contribution in [0.25, 0.3) is 11.5 Å². The number of halogens is 1. The first kappa shape index (κ1) is 18.0. The molecule has 27 heavy (non-hydrogen) atoms. The predicted molar refractivity (Wildman–Crippen MR) is 103 cm³/mol. The van der Waals surface area contributed by atoms with Crippen molar-refractivity contribution in [3.63, 3.8) is 0 Å². The number of piperazine rings is 1. The standard InChI is InChI=1S/C18H17FN4O2S2/c19-14-5-3-13(4-6-14)16-20-23(18(26)25-16)12-21-7-9-22(10-8-21)17(24)15-2-1-11-27-15/h1-6,11H,7-10,12H2. The van der Waals surface area contributed by atoms with Crippen LogP contribution in [0.5, 0.6) is 0 Å². The second-order valence-corrected chi connectivity index (χ2v) is 7.51. The monoisotopic (exact) mass is 404 g/mol. The highest BCUT2D eigenvalue weighted by atomic mass is 32.1. The molecular weight excluding hydrogens is 387 g/mol. The minimum absolute atomic E-state index is 0.0845. The van der Waals surface area contributed by atoms with Gasteiger partial charge in [-0.1, -0.05) is 6.07 Å². The molecule has 3 heterocycles. The van der Waals surface area contributed by atoms with E-state index in [1.165, 1.54) is 23.5 Å². The average molecular weight is 404 g/mol. The van der Waals surface area contributed by atoms with Crippen LogP contribution < -0.4 is 0 Å². The molecule has 2 aromatic heterocycles. The quantitative estimate of drug-likeness (QED) is 0.623. The lowest BCUT2D eigenvalue weighted by Crippen LogP contribution is -2.48. The van der Waals surface area contributed by atoms with Crippen molar-refractivity contribution in [3.8, 4) is 11.5 Å².